The van der Waals surface area contributed by atoms with Crippen LogP contribution in [0.5, 0.6) is 0 Å². The van der Waals surface area contributed by atoms with E-state index in [9.17, 15) is 9.59 Å². The van der Waals surface area contributed by atoms with Crippen LogP contribution in [-0.2, 0) is 6.54 Å². The van der Waals surface area contributed by atoms with Crippen molar-refractivity contribution in [3.63, 3.8) is 0 Å². The van der Waals surface area contributed by atoms with E-state index in [2.05, 4.69) is 64.2 Å². The van der Waals surface area contributed by atoms with E-state index in [1.54, 1.807) is 18.7 Å². The maximum atomic E-state index is 12.5. The number of aryl methyl sites for hydroxylation is 4. The van der Waals surface area contributed by atoms with Gasteiger partial charge in [0.25, 0.3) is 5.56 Å². The molecule has 0 saturated heterocycles. The number of ketones is 1. The second-order valence-corrected chi connectivity index (χ2v) is 9.75. The summed E-state index contributed by atoms with van der Waals surface area (Å²) < 4.78 is 2.80. The summed E-state index contributed by atoms with van der Waals surface area (Å²) >= 11 is 3.77. The van der Waals surface area contributed by atoms with Gasteiger partial charge in [0.2, 0.25) is 0 Å². The minimum Gasteiger partial charge on any atom is -0.346 e. The molecule has 0 aliphatic heterocycles. The zero-order valence-electron chi connectivity index (χ0n) is 17.6. The second kappa shape index (κ2) is 8.52. The average Bonchev–Trinajstić information content (AvgIpc) is 2.88. The first-order valence-corrected chi connectivity index (χ1v) is 11.3. The molecule has 0 aliphatic carbocycles. The monoisotopic (exact) mass is 520 g/mol. The number of carbonyl (C=O) groups excluding carboxylic acids is 1. The molecule has 0 fully saturated rings. The number of hydrogen-bond acceptors (Lipinski definition) is 3. The lowest BCUT2D eigenvalue weighted by Gasteiger charge is -2.16. The van der Waals surface area contributed by atoms with Crippen LogP contribution >= 0.6 is 34.4 Å². The number of H-pyrrole nitrogens is 1. The van der Waals surface area contributed by atoms with Crippen LogP contribution in [0.15, 0.2) is 39.0 Å². The third kappa shape index (κ3) is 4.53. The standard InChI is InChI=1S/C23H25IN2O2S/c1-12-7-13(2)9-18(8-12)29-22-19(15(4)25-23(28)21(22)24)11-26-10-14(3)20(16(26)5)17(6)27/h7-10H,11H2,1-6H3,(H,25,28). The molecule has 152 valence electrons. The van der Waals surface area contributed by atoms with Crippen LogP contribution in [0.2, 0.25) is 0 Å². The summed E-state index contributed by atoms with van der Waals surface area (Å²) in [7, 11) is 0. The van der Waals surface area contributed by atoms with Crippen molar-refractivity contribution in [1.82, 2.24) is 9.55 Å². The van der Waals surface area contributed by atoms with Gasteiger partial charge in [-0.2, -0.15) is 0 Å². The predicted molar refractivity (Wildman–Crippen MR) is 128 cm³/mol. The summed E-state index contributed by atoms with van der Waals surface area (Å²) in [4.78, 5) is 29.6. The first-order chi connectivity index (χ1) is 13.6. The van der Waals surface area contributed by atoms with Crippen molar-refractivity contribution >= 4 is 40.1 Å². The highest BCUT2D eigenvalue weighted by molar-refractivity contribution is 14.1. The molecule has 29 heavy (non-hydrogen) atoms. The van der Waals surface area contributed by atoms with Gasteiger partial charge in [0.1, 0.15) is 0 Å². The van der Waals surface area contributed by atoms with E-state index in [0.717, 1.165) is 37.9 Å². The Balaban J connectivity index is 2.12. The molecule has 0 amide bonds. The van der Waals surface area contributed by atoms with Crippen molar-refractivity contribution in [1.29, 1.82) is 0 Å². The topological polar surface area (TPSA) is 54.9 Å². The van der Waals surface area contributed by atoms with Crippen molar-refractivity contribution in [2.45, 2.75) is 57.9 Å². The molecule has 3 aromatic rings. The number of nitrogens with zero attached hydrogens (tertiary/aromatic N) is 1. The van der Waals surface area contributed by atoms with Gasteiger partial charge in [-0.1, -0.05) is 17.8 Å². The molecule has 0 unspecified atom stereocenters. The molecule has 1 N–H and O–H groups in total. The fraction of sp³-hybridized carbons (Fsp3) is 0.304. The fourth-order valence-electron chi connectivity index (χ4n) is 3.80. The van der Waals surface area contributed by atoms with Gasteiger partial charge in [-0.3, -0.25) is 9.59 Å². The van der Waals surface area contributed by atoms with Crippen molar-refractivity contribution in [3.8, 4) is 0 Å². The number of benzene rings is 1. The van der Waals surface area contributed by atoms with Crippen LogP contribution in [0.1, 0.15) is 50.9 Å². The summed E-state index contributed by atoms with van der Waals surface area (Å²) in [6, 6.07) is 6.44. The number of carbonyl (C=O) groups is 1. The van der Waals surface area contributed by atoms with Gasteiger partial charge in [-0.05, 0) is 93.0 Å². The highest BCUT2D eigenvalue weighted by atomic mass is 127. The number of nitrogens with one attached hydrogen (secondary N) is 1. The smallest absolute Gasteiger partial charge is 0.262 e. The molecule has 3 rings (SSSR count). The maximum Gasteiger partial charge on any atom is 0.262 e. The van der Waals surface area contributed by atoms with Gasteiger partial charge in [0.15, 0.2) is 5.78 Å². The summed E-state index contributed by atoms with van der Waals surface area (Å²) in [5.74, 6) is 0.0800. The van der Waals surface area contributed by atoms with Crippen LogP contribution in [0.25, 0.3) is 0 Å². The number of Topliss-reactive ketones (excluding diaryl/α,β-unsaturated/α-hetero) is 1. The van der Waals surface area contributed by atoms with Gasteiger partial charge >= 0.3 is 0 Å². The third-order valence-corrected chi connectivity index (χ3v) is 7.58. The molecule has 2 heterocycles. The van der Waals surface area contributed by atoms with E-state index in [0.29, 0.717) is 10.1 Å². The lowest BCUT2D eigenvalue weighted by Crippen LogP contribution is -2.17. The van der Waals surface area contributed by atoms with Crippen LogP contribution in [0, 0.1) is 38.2 Å². The molecular formula is C23H25IN2O2S. The Hall–Kier alpha value is -1.80. The first kappa shape index (κ1) is 21.9. The van der Waals surface area contributed by atoms with Crippen molar-refractivity contribution in [2.24, 2.45) is 0 Å². The maximum absolute atomic E-state index is 12.5. The molecule has 0 atom stereocenters. The molecular weight excluding hydrogens is 495 g/mol. The highest BCUT2D eigenvalue weighted by Crippen LogP contribution is 2.35. The van der Waals surface area contributed by atoms with Crippen LogP contribution in [0.4, 0.5) is 0 Å². The summed E-state index contributed by atoms with van der Waals surface area (Å²) in [6.45, 7) is 12.3. The summed E-state index contributed by atoms with van der Waals surface area (Å²) in [5, 5.41) is 0. The lowest BCUT2D eigenvalue weighted by atomic mass is 10.1. The van der Waals surface area contributed by atoms with Crippen molar-refractivity contribution in [2.75, 3.05) is 0 Å². The molecule has 0 saturated carbocycles. The molecule has 2 aromatic heterocycles. The van der Waals surface area contributed by atoms with E-state index < -0.39 is 0 Å². The minimum atomic E-state index is -0.0661. The van der Waals surface area contributed by atoms with E-state index >= 15 is 0 Å². The molecule has 4 nitrogen and oxygen atoms in total. The Labute approximate surface area is 189 Å². The second-order valence-electron chi connectivity index (χ2n) is 7.58. The van der Waals surface area contributed by atoms with Gasteiger partial charge in [0, 0.05) is 38.5 Å². The quantitative estimate of drug-likeness (QED) is 0.346. The fourth-order valence-corrected chi connectivity index (χ4v) is 5.84. The Morgan fingerprint density at radius 3 is 2.28 bits per heavy atom. The van der Waals surface area contributed by atoms with Crippen molar-refractivity contribution < 1.29 is 4.79 Å². The Morgan fingerprint density at radius 2 is 1.72 bits per heavy atom. The minimum absolute atomic E-state index is 0.0661. The molecule has 0 bridgehead atoms. The van der Waals surface area contributed by atoms with E-state index in [4.69, 9.17) is 0 Å². The lowest BCUT2D eigenvalue weighted by molar-refractivity contribution is 0.101. The van der Waals surface area contributed by atoms with Crippen LogP contribution in [-0.4, -0.2) is 15.3 Å². The molecule has 0 radical (unpaired) electrons. The van der Waals surface area contributed by atoms with E-state index in [-0.39, 0.29) is 11.3 Å². The van der Waals surface area contributed by atoms with Gasteiger partial charge < -0.3 is 9.55 Å². The molecule has 0 aliphatic rings. The Morgan fingerprint density at radius 1 is 1.10 bits per heavy atom. The number of rotatable bonds is 5. The SMILES string of the molecule is CC(=O)c1c(C)cn(Cc2c(C)[nH]c(=O)c(I)c2Sc2cc(C)cc(C)c2)c1C. The normalized spacial score (nSPS) is 11.1. The van der Waals surface area contributed by atoms with Gasteiger partial charge in [-0.15, -0.1) is 0 Å². The zero-order chi connectivity index (χ0) is 21.5. The number of aromatic amines is 1. The number of pyridine rings is 1. The van der Waals surface area contributed by atoms with E-state index in [1.165, 1.54) is 11.1 Å². The number of aromatic nitrogens is 2. The van der Waals surface area contributed by atoms with Crippen LogP contribution < -0.4 is 5.56 Å². The first-order valence-electron chi connectivity index (χ1n) is 9.43. The number of hydrogen-bond donors (Lipinski definition) is 1. The van der Waals surface area contributed by atoms with E-state index in [1.807, 2.05) is 27.0 Å². The largest absolute Gasteiger partial charge is 0.346 e. The average molecular weight is 520 g/mol. The molecule has 6 heteroatoms. The van der Waals surface area contributed by atoms with Gasteiger partial charge in [0.05, 0.1) is 10.1 Å². The predicted octanol–water partition coefficient (Wildman–Crippen LogP) is 5.73. The van der Waals surface area contributed by atoms with Gasteiger partial charge in [-0.25, -0.2) is 0 Å². The number of halogens is 1. The van der Waals surface area contributed by atoms with Crippen molar-refractivity contribution in [3.05, 3.63) is 77.5 Å². The van der Waals surface area contributed by atoms with Crippen LogP contribution in [0.3, 0.4) is 0 Å². The molecule has 0 spiro atoms. The highest BCUT2D eigenvalue weighted by Gasteiger charge is 2.19. The molecule has 1 aromatic carbocycles. The zero-order valence-corrected chi connectivity index (χ0v) is 20.5. The Bertz CT molecular complexity index is 1150. The summed E-state index contributed by atoms with van der Waals surface area (Å²) in [5.41, 5.74) is 6.99. The third-order valence-electron chi connectivity index (χ3n) is 5.06. The Kier molecular flexibility index (Phi) is 6.43. The summed E-state index contributed by atoms with van der Waals surface area (Å²) in [6.07, 6.45) is 2.02.